The largest absolute Gasteiger partial charge is 0.378 e. The molecule has 30 heavy (non-hydrogen) atoms. The molecule has 4 heterocycles. The zero-order valence-electron chi connectivity index (χ0n) is 17.4. The van der Waals surface area contributed by atoms with Crippen LogP contribution in [-0.4, -0.2) is 72.3 Å². The summed E-state index contributed by atoms with van der Waals surface area (Å²) in [6.45, 7) is 8.30. The van der Waals surface area contributed by atoms with Crippen LogP contribution in [0.4, 0.5) is 11.9 Å². The normalized spacial score (nSPS) is 17.8. The Morgan fingerprint density at radius 3 is 2.27 bits per heavy atom. The molecule has 0 spiro atoms. The van der Waals surface area contributed by atoms with E-state index in [1.54, 1.807) is 4.57 Å². The van der Waals surface area contributed by atoms with E-state index in [9.17, 15) is 8.42 Å². The molecule has 0 atom stereocenters. The van der Waals surface area contributed by atoms with Crippen LogP contribution in [0.2, 0.25) is 0 Å². The smallest absolute Gasteiger partial charge is 0.259 e. The molecule has 0 unspecified atom stereocenters. The van der Waals surface area contributed by atoms with Gasteiger partial charge in [-0.05, 0) is 26.7 Å². The number of aromatic nitrogens is 5. The average molecular weight is 437 g/mol. The second kappa shape index (κ2) is 8.82. The van der Waals surface area contributed by atoms with E-state index in [2.05, 4.69) is 29.6 Å². The minimum Gasteiger partial charge on any atom is -0.378 e. The molecule has 0 radical (unpaired) electrons. The van der Waals surface area contributed by atoms with E-state index in [0.29, 0.717) is 44.0 Å². The number of nitrogens with zero attached hydrogens (tertiary/aromatic N) is 7. The Bertz CT molecular complexity index is 966. The van der Waals surface area contributed by atoms with Crippen molar-refractivity contribution >= 4 is 21.9 Å². The van der Waals surface area contributed by atoms with Gasteiger partial charge in [0.25, 0.3) is 10.0 Å². The highest BCUT2D eigenvalue weighted by Gasteiger charge is 2.23. The van der Waals surface area contributed by atoms with Crippen molar-refractivity contribution in [3.8, 4) is 0 Å². The lowest BCUT2D eigenvalue weighted by atomic mass is 10.4. The van der Waals surface area contributed by atoms with E-state index in [-0.39, 0.29) is 17.6 Å². The molecule has 2 saturated heterocycles. The van der Waals surface area contributed by atoms with E-state index in [1.165, 1.54) is 12.5 Å². The van der Waals surface area contributed by atoms with Gasteiger partial charge in [-0.1, -0.05) is 0 Å². The molecule has 2 aliphatic rings. The maximum atomic E-state index is 12.7. The van der Waals surface area contributed by atoms with Gasteiger partial charge in [0.1, 0.15) is 0 Å². The molecule has 4 rings (SSSR count). The van der Waals surface area contributed by atoms with Crippen molar-refractivity contribution in [2.45, 2.75) is 44.3 Å². The Balaban J connectivity index is 1.55. The van der Waals surface area contributed by atoms with Crippen LogP contribution in [0.25, 0.3) is 0 Å². The molecular weight excluding hydrogens is 408 g/mol. The molecule has 0 amide bonds. The van der Waals surface area contributed by atoms with Gasteiger partial charge < -0.3 is 19.1 Å². The van der Waals surface area contributed by atoms with Crippen molar-refractivity contribution in [1.82, 2.24) is 29.2 Å². The average Bonchev–Trinajstić information content (AvgIpc) is 3.45. The highest BCUT2D eigenvalue weighted by molar-refractivity contribution is 7.89. The Morgan fingerprint density at radius 2 is 1.67 bits per heavy atom. The fraction of sp³-hybridized carbons (Fsp3) is 0.667. The Labute approximate surface area is 176 Å². The fourth-order valence-corrected chi connectivity index (χ4v) is 4.32. The summed E-state index contributed by atoms with van der Waals surface area (Å²) in [6.07, 6.45) is 5.23. The van der Waals surface area contributed by atoms with E-state index >= 15 is 0 Å². The molecule has 0 aliphatic carbocycles. The summed E-state index contributed by atoms with van der Waals surface area (Å²) in [5.41, 5.74) is 0. The highest BCUT2D eigenvalue weighted by atomic mass is 32.2. The van der Waals surface area contributed by atoms with Crippen LogP contribution < -0.4 is 14.5 Å². The molecule has 164 valence electrons. The lowest BCUT2D eigenvalue weighted by Gasteiger charge is -2.28. The standard InChI is InChI=1S/C18H28N8O3S/c1-14(2)26-12-16(19-13-26)30(27,28)20-11-15-21-17(24-5-3-4-6-24)23-18(22-15)25-7-9-29-10-8-25/h12-14,20H,3-11H2,1-2H3. The van der Waals surface area contributed by atoms with E-state index in [0.717, 1.165) is 25.9 Å². The zero-order valence-corrected chi connectivity index (χ0v) is 18.2. The van der Waals surface area contributed by atoms with Gasteiger partial charge in [0.2, 0.25) is 11.9 Å². The van der Waals surface area contributed by atoms with Gasteiger partial charge in [0.15, 0.2) is 10.9 Å². The van der Waals surface area contributed by atoms with Crippen molar-refractivity contribution in [2.24, 2.45) is 0 Å². The molecular formula is C18H28N8O3S. The predicted octanol–water partition coefficient (Wildman–Crippen LogP) is 0.564. The minimum absolute atomic E-state index is 0.0153. The number of imidazole rings is 1. The van der Waals surface area contributed by atoms with Gasteiger partial charge in [-0.3, -0.25) is 0 Å². The summed E-state index contributed by atoms with van der Waals surface area (Å²) >= 11 is 0. The van der Waals surface area contributed by atoms with Gasteiger partial charge in [-0.2, -0.15) is 15.0 Å². The van der Waals surface area contributed by atoms with Gasteiger partial charge in [-0.25, -0.2) is 18.1 Å². The zero-order chi connectivity index (χ0) is 21.1. The molecule has 1 N–H and O–H groups in total. The minimum atomic E-state index is -3.77. The van der Waals surface area contributed by atoms with Crippen LogP contribution in [0.1, 0.15) is 38.6 Å². The molecule has 2 aromatic rings. The third kappa shape index (κ3) is 4.71. The second-order valence-corrected chi connectivity index (χ2v) is 9.44. The number of nitrogens with one attached hydrogen (secondary N) is 1. The van der Waals surface area contributed by atoms with E-state index < -0.39 is 10.0 Å². The Hall–Kier alpha value is -2.31. The first-order chi connectivity index (χ1) is 14.4. The number of anilines is 2. The number of sulfonamides is 1. The van der Waals surface area contributed by atoms with Crippen molar-refractivity contribution in [1.29, 1.82) is 0 Å². The highest BCUT2D eigenvalue weighted by Crippen LogP contribution is 2.20. The molecule has 12 heteroatoms. The SMILES string of the molecule is CC(C)n1cnc(S(=O)(=O)NCc2nc(N3CCCC3)nc(N3CCOCC3)n2)c1. The van der Waals surface area contributed by atoms with Gasteiger partial charge in [0.05, 0.1) is 26.1 Å². The molecule has 11 nitrogen and oxygen atoms in total. The Kier molecular flexibility index (Phi) is 6.16. The maximum Gasteiger partial charge on any atom is 0.259 e. The summed E-state index contributed by atoms with van der Waals surface area (Å²) in [5.74, 6) is 1.55. The van der Waals surface area contributed by atoms with Crippen LogP contribution in [0.3, 0.4) is 0 Å². The van der Waals surface area contributed by atoms with Crippen LogP contribution in [-0.2, 0) is 21.3 Å². The molecule has 0 bridgehead atoms. The number of rotatable bonds is 7. The number of morpholine rings is 1. The monoisotopic (exact) mass is 436 g/mol. The molecule has 2 aromatic heterocycles. The van der Waals surface area contributed by atoms with Crippen LogP contribution >= 0.6 is 0 Å². The van der Waals surface area contributed by atoms with E-state index in [4.69, 9.17) is 4.74 Å². The molecule has 0 saturated carbocycles. The summed E-state index contributed by atoms with van der Waals surface area (Å²) in [6, 6.07) is 0.129. The van der Waals surface area contributed by atoms with Crippen molar-refractivity contribution < 1.29 is 13.2 Å². The number of ether oxygens (including phenoxy) is 1. The quantitative estimate of drug-likeness (QED) is 0.664. The topological polar surface area (TPSA) is 118 Å². The third-order valence-corrected chi connectivity index (χ3v) is 6.50. The van der Waals surface area contributed by atoms with Crippen molar-refractivity contribution in [2.75, 3.05) is 49.2 Å². The molecule has 0 aromatic carbocycles. The number of hydrogen-bond acceptors (Lipinski definition) is 9. The van der Waals surface area contributed by atoms with Gasteiger partial charge >= 0.3 is 0 Å². The lowest BCUT2D eigenvalue weighted by Crippen LogP contribution is -2.38. The van der Waals surface area contributed by atoms with Gasteiger partial charge in [0, 0.05) is 38.4 Å². The Morgan fingerprint density at radius 1 is 1.03 bits per heavy atom. The summed E-state index contributed by atoms with van der Waals surface area (Å²) < 4.78 is 35.1. The summed E-state index contributed by atoms with van der Waals surface area (Å²) in [4.78, 5) is 21.9. The summed E-state index contributed by atoms with van der Waals surface area (Å²) in [7, 11) is -3.77. The summed E-state index contributed by atoms with van der Waals surface area (Å²) in [5, 5.41) is -0.0153. The van der Waals surface area contributed by atoms with Crippen LogP contribution in [0.15, 0.2) is 17.6 Å². The maximum absolute atomic E-state index is 12.7. The number of hydrogen-bond donors (Lipinski definition) is 1. The first-order valence-electron chi connectivity index (χ1n) is 10.3. The van der Waals surface area contributed by atoms with Crippen molar-refractivity contribution in [3.63, 3.8) is 0 Å². The molecule has 2 aliphatic heterocycles. The van der Waals surface area contributed by atoms with E-state index in [1.807, 2.05) is 18.7 Å². The molecule has 2 fully saturated rings. The third-order valence-electron chi connectivity index (χ3n) is 5.21. The fourth-order valence-electron chi connectivity index (χ4n) is 3.41. The first kappa shape index (κ1) is 20.9. The van der Waals surface area contributed by atoms with Crippen molar-refractivity contribution in [3.05, 3.63) is 18.3 Å². The van der Waals surface area contributed by atoms with Gasteiger partial charge in [-0.15, -0.1) is 0 Å². The van der Waals surface area contributed by atoms with Crippen LogP contribution in [0, 0.1) is 0 Å². The van der Waals surface area contributed by atoms with Crippen LogP contribution in [0.5, 0.6) is 0 Å². The second-order valence-electron chi connectivity index (χ2n) is 7.72. The lowest BCUT2D eigenvalue weighted by molar-refractivity contribution is 0.122. The first-order valence-corrected chi connectivity index (χ1v) is 11.8. The predicted molar refractivity (Wildman–Crippen MR) is 111 cm³/mol.